The molecule has 1 heterocycles. The van der Waals surface area contributed by atoms with Crippen molar-refractivity contribution >= 4 is 5.91 Å². The lowest BCUT2D eigenvalue weighted by Crippen LogP contribution is -2.45. The number of hydrogen-bond donors (Lipinski definition) is 2. The number of rotatable bonds is 3. The van der Waals surface area contributed by atoms with E-state index in [4.69, 9.17) is 0 Å². The van der Waals surface area contributed by atoms with Gasteiger partial charge in [-0.15, -0.1) is 0 Å². The number of aliphatic hydroxyl groups excluding tert-OH is 1. The summed E-state index contributed by atoms with van der Waals surface area (Å²) in [4.78, 5) is 20.5. The van der Waals surface area contributed by atoms with Crippen molar-refractivity contribution in [3.8, 4) is 0 Å². The van der Waals surface area contributed by atoms with Crippen LogP contribution in [0.2, 0.25) is 0 Å². The van der Waals surface area contributed by atoms with Gasteiger partial charge >= 0.3 is 0 Å². The van der Waals surface area contributed by atoms with Gasteiger partial charge in [-0.2, -0.15) is 0 Å². The molecule has 5 heteroatoms. The minimum Gasteiger partial charge on any atom is -0.392 e. The summed E-state index contributed by atoms with van der Waals surface area (Å²) in [5, 5.41) is 13.0. The van der Waals surface area contributed by atoms with Crippen LogP contribution in [0.5, 0.6) is 0 Å². The van der Waals surface area contributed by atoms with Crippen LogP contribution in [0.25, 0.3) is 0 Å². The van der Waals surface area contributed by atoms with Crippen LogP contribution in [0.1, 0.15) is 54.5 Å². The Morgan fingerprint density at radius 3 is 2.90 bits per heavy atom. The normalized spacial score (nSPS) is 26.3. The van der Waals surface area contributed by atoms with Crippen molar-refractivity contribution in [3.63, 3.8) is 0 Å². The van der Waals surface area contributed by atoms with Gasteiger partial charge in [0, 0.05) is 18.2 Å². The third kappa shape index (κ3) is 3.15. The molecule has 1 aromatic heterocycles. The summed E-state index contributed by atoms with van der Waals surface area (Å²) in [6.45, 7) is 6.13. The summed E-state index contributed by atoms with van der Waals surface area (Å²) in [5.41, 5.74) is 0.960. The number of carbonyl (C=O) groups is 1. The number of aromatic nitrogens is 2. The first-order valence-corrected chi connectivity index (χ1v) is 7.19. The Balaban J connectivity index is 2.01. The van der Waals surface area contributed by atoms with Gasteiger partial charge in [0.25, 0.3) is 5.91 Å². The number of aryl methyl sites for hydroxylation is 2. The van der Waals surface area contributed by atoms with Crippen molar-refractivity contribution in [2.45, 2.75) is 52.6 Å². The third-order valence-corrected chi connectivity index (χ3v) is 4.28. The minimum absolute atomic E-state index is 0.165. The highest BCUT2D eigenvalue weighted by Gasteiger charge is 2.35. The fraction of sp³-hybridized carbons (Fsp3) is 0.667. The second-order valence-electron chi connectivity index (χ2n) is 6.01. The van der Waals surface area contributed by atoms with Crippen molar-refractivity contribution in [3.05, 3.63) is 23.3 Å². The van der Waals surface area contributed by atoms with Gasteiger partial charge in [-0.1, -0.05) is 19.8 Å². The van der Waals surface area contributed by atoms with Gasteiger partial charge in [0.15, 0.2) is 0 Å². The molecule has 2 N–H and O–H groups in total. The van der Waals surface area contributed by atoms with E-state index in [-0.39, 0.29) is 17.4 Å². The van der Waals surface area contributed by atoms with Gasteiger partial charge in [-0.05, 0) is 26.7 Å². The second-order valence-corrected chi connectivity index (χ2v) is 6.01. The van der Waals surface area contributed by atoms with Crippen LogP contribution in [0.15, 0.2) is 6.20 Å². The molecule has 110 valence electrons. The first kappa shape index (κ1) is 14.9. The predicted octanol–water partition coefficient (Wildman–Crippen LogP) is 1.76. The molecule has 0 radical (unpaired) electrons. The lowest BCUT2D eigenvalue weighted by Gasteiger charge is -2.38. The lowest BCUT2D eigenvalue weighted by molar-refractivity contribution is 0.00190. The standard InChI is InChI=1S/C15H23N3O2/c1-10-12(8-16-11(2)18-10)14(20)17-9-15(3)7-5-4-6-13(15)19/h8,13,19H,4-7,9H2,1-3H3,(H,17,20). The number of nitrogens with zero attached hydrogens (tertiary/aromatic N) is 2. The average molecular weight is 277 g/mol. The van der Waals surface area contributed by atoms with E-state index in [2.05, 4.69) is 15.3 Å². The summed E-state index contributed by atoms with van der Waals surface area (Å²) >= 11 is 0. The van der Waals surface area contributed by atoms with Crippen molar-refractivity contribution < 1.29 is 9.90 Å². The van der Waals surface area contributed by atoms with E-state index in [1.54, 1.807) is 20.0 Å². The minimum atomic E-state index is -0.341. The summed E-state index contributed by atoms with van der Waals surface area (Å²) in [7, 11) is 0. The smallest absolute Gasteiger partial charge is 0.254 e. The van der Waals surface area contributed by atoms with E-state index in [1.165, 1.54) is 0 Å². The van der Waals surface area contributed by atoms with Crippen LogP contribution in [0.4, 0.5) is 0 Å². The molecule has 1 amide bonds. The first-order chi connectivity index (χ1) is 9.42. The van der Waals surface area contributed by atoms with Gasteiger partial charge in [-0.25, -0.2) is 9.97 Å². The largest absolute Gasteiger partial charge is 0.392 e. The second kappa shape index (κ2) is 5.87. The van der Waals surface area contributed by atoms with Gasteiger partial charge < -0.3 is 10.4 Å². The van der Waals surface area contributed by atoms with Crippen molar-refractivity contribution in [1.82, 2.24) is 15.3 Å². The highest BCUT2D eigenvalue weighted by molar-refractivity contribution is 5.94. The molecule has 0 bridgehead atoms. The van der Waals surface area contributed by atoms with E-state index >= 15 is 0 Å². The van der Waals surface area contributed by atoms with Crippen LogP contribution in [-0.2, 0) is 0 Å². The molecular formula is C15H23N3O2. The molecule has 0 aliphatic heterocycles. The Kier molecular flexibility index (Phi) is 4.38. The molecule has 1 aromatic rings. The monoisotopic (exact) mass is 277 g/mol. The highest BCUT2D eigenvalue weighted by atomic mass is 16.3. The van der Waals surface area contributed by atoms with Crippen LogP contribution < -0.4 is 5.32 Å². The molecule has 0 saturated heterocycles. The van der Waals surface area contributed by atoms with E-state index in [1.807, 2.05) is 6.92 Å². The fourth-order valence-electron chi connectivity index (χ4n) is 2.77. The van der Waals surface area contributed by atoms with Crippen LogP contribution >= 0.6 is 0 Å². The SMILES string of the molecule is Cc1ncc(C(=O)NCC2(C)CCCCC2O)c(C)n1. The zero-order chi connectivity index (χ0) is 14.8. The molecule has 2 atom stereocenters. The molecule has 1 aliphatic rings. The molecular weight excluding hydrogens is 254 g/mol. The zero-order valence-corrected chi connectivity index (χ0v) is 12.4. The number of nitrogens with one attached hydrogen (secondary N) is 1. The maximum Gasteiger partial charge on any atom is 0.254 e. The number of amides is 1. The molecule has 5 nitrogen and oxygen atoms in total. The zero-order valence-electron chi connectivity index (χ0n) is 12.4. The molecule has 1 fully saturated rings. The van der Waals surface area contributed by atoms with Gasteiger partial charge in [0.2, 0.25) is 0 Å². The van der Waals surface area contributed by atoms with Gasteiger partial charge in [-0.3, -0.25) is 4.79 Å². The van der Waals surface area contributed by atoms with Crippen molar-refractivity contribution in [1.29, 1.82) is 0 Å². The van der Waals surface area contributed by atoms with E-state index < -0.39 is 0 Å². The summed E-state index contributed by atoms with van der Waals surface area (Å²) < 4.78 is 0. The maximum atomic E-state index is 12.2. The van der Waals surface area contributed by atoms with E-state index in [0.717, 1.165) is 25.7 Å². The highest BCUT2D eigenvalue weighted by Crippen LogP contribution is 2.35. The van der Waals surface area contributed by atoms with Crippen molar-refractivity contribution in [2.75, 3.05) is 6.54 Å². The first-order valence-electron chi connectivity index (χ1n) is 7.19. The number of hydrogen-bond acceptors (Lipinski definition) is 4. The summed E-state index contributed by atoms with van der Waals surface area (Å²) in [6.07, 6.45) is 5.15. The number of carbonyl (C=O) groups excluding carboxylic acids is 1. The maximum absolute atomic E-state index is 12.2. The van der Waals surface area contributed by atoms with Crippen LogP contribution in [-0.4, -0.2) is 33.6 Å². The molecule has 1 aliphatic carbocycles. The van der Waals surface area contributed by atoms with Crippen LogP contribution in [0, 0.1) is 19.3 Å². The Hall–Kier alpha value is -1.49. The Morgan fingerprint density at radius 2 is 2.25 bits per heavy atom. The number of aliphatic hydroxyl groups is 1. The van der Waals surface area contributed by atoms with Crippen LogP contribution in [0.3, 0.4) is 0 Å². The Labute approximate surface area is 119 Å². The Morgan fingerprint density at radius 1 is 1.50 bits per heavy atom. The third-order valence-electron chi connectivity index (χ3n) is 4.28. The van der Waals surface area contributed by atoms with E-state index in [0.29, 0.717) is 23.6 Å². The molecule has 0 spiro atoms. The average Bonchev–Trinajstić information content (AvgIpc) is 2.40. The van der Waals surface area contributed by atoms with Crippen molar-refractivity contribution in [2.24, 2.45) is 5.41 Å². The molecule has 0 aromatic carbocycles. The fourth-order valence-corrected chi connectivity index (χ4v) is 2.77. The predicted molar refractivity (Wildman–Crippen MR) is 76.4 cm³/mol. The molecule has 2 unspecified atom stereocenters. The van der Waals surface area contributed by atoms with Gasteiger partial charge in [0.1, 0.15) is 5.82 Å². The quantitative estimate of drug-likeness (QED) is 0.883. The molecule has 20 heavy (non-hydrogen) atoms. The molecule has 2 rings (SSSR count). The molecule has 1 saturated carbocycles. The summed E-state index contributed by atoms with van der Waals surface area (Å²) in [6, 6.07) is 0. The summed E-state index contributed by atoms with van der Waals surface area (Å²) in [5.74, 6) is 0.496. The van der Waals surface area contributed by atoms with E-state index in [9.17, 15) is 9.90 Å². The topological polar surface area (TPSA) is 75.1 Å². The lowest BCUT2D eigenvalue weighted by atomic mass is 9.73. The Bertz CT molecular complexity index is 504. The van der Waals surface area contributed by atoms with Gasteiger partial charge in [0.05, 0.1) is 17.4 Å².